The van der Waals surface area contributed by atoms with Gasteiger partial charge >= 0.3 is 0 Å². The van der Waals surface area contributed by atoms with Crippen molar-refractivity contribution < 1.29 is 0 Å². The Morgan fingerprint density at radius 3 is 2.71 bits per heavy atom. The Bertz CT molecular complexity index is 879. The Hall–Kier alpha value is -2.51. The minimum Gasteiger partial charge on any atom is -0.327 e. The van der Waals surface area contributed by atoms with E-state index >= 15 is 0 Å². The number of nitrogens with one attached hydrogen (secondary N) is 1. The van der Waals surface area contributed by atoms with Crippen LogP contribution in [-0.4, -0.2) is 4.98 Å². The Morgan fingerprint density at radius 2 is 1.95 bits per heavy atom. The van der Waals surface area contributed by atoms with Crippen molar-refractivity contribution in [1.82, 2.24) is 4.98 Å². The highest BCUT2D eigenvalue weighted by molar-refractivity contribution is 7.98. The first-order chi connectivity index (χ1) is 10.3. The second-order valence-electron chi connectivity index (χ2n) is 4.63. The maximum absolute atomic E-state index is 11.7. The largest absolute Gasteiger partial charge is 0.327 e. The maximum atomic E-state index is 11.7. The highest BCUT2D eigenvalue weighted by atomic mass is 32.2. The number of rotatable bonds is 3. The van der Waals surface area contributed by atoms with Crippen molar-refractivity contribution in [2.24, 2.45) is 0 Å². The summed E-state index contributed by atoms with van der Waals surface area (Å²) in [5.41, 5.74) is 1.08. The fraction of sp³-hybridized carbons (Fsp3) is 0.0588. The van der Waals surface area contributed by atoms with E-state index in [-0.39, 0.29) is 11.1 Å². The molecule has 21 heavy (non-hydrogen) atoms. The van der Waals surface area contributed by atoms with Gasteiger partial charge in [0, 0.05) is 22.2 Å². The van der Waals surface area contributed by atoms with Crippen LogP contribution in [0.25, 0.3) is 10.8 Å². The van der Waals surface area contributed by atoms with Crippen LogP contribution in [0.1, 0.15) is 11.1 Å². The number of pyridine rings is 1. The molecule has 1 aromatic heterocycles. The lowest BCUT2D eigenvalue weighted by Crippen LogP contribution is -2.09. The molecule has 3 rings (SSSR count). The Kier molecular flexibility index (Phi) is 3.76. The molecular formula is C17H12N2OS. The second kappa shape index (κ2) is 5.86. The van der Waals surface area contributed by atoms with Crippen LogP contribution in [0.15, 0.2) is 64.4 Å². The van der Waals surface area contributed by atoms with Crippen LogP contribution in [0.4, 0.5) is 0 Å². The van der Waals surface area contributed by atoms with Crippen molar-refractivity contribution in [2.45, 2.75) is 10.6 Å². The van der Waals surface area contributed by atoms with Gasteiger partial charge in [0.05, 0.1) is 0 Å². The van der Waals surface area contributed by atoms with E-state index in [1.54, 1.807) is 18.0 Å². The molecule has 0 amide bonds. The molecule has 3 nitrogen and oxygen atoms in total. The van der Waals surface area contributed by atoms with E-state index in [0.717, 1.165) is 16.0 Å². The number of H-pyrrole nitrogens is 1. The SMILES string of the molecule is N#Cc1c(=O)[nH]cc2ccc(SCc3ccccc3)cc12. The van der Waals surface area contributed by atoms with E-state index in [1.807, 2.05) is 42.5 Å². The van der Waals surface area contributed by atoms with Crippen molar-refractivity contribution in [3.8, 4) is 6.07 Å². The number of aromatic amines is 1. The molecule has 4 heteroatoms. The van der Waals surface area contributed by atoms with E-state index in [4.69, 9.17) is 5.26 Å². The number of nitriles is 1. The first-order valence-electron chi connectivity index (χ1n) is 6.50. The van der Waals surface area contributed by atoms with Gasteiger partial charge in [-0.05, 0) is 23.1 Å². The molecule has 0 bridgehead atoms. The summed E-state index contributed by atoms with van der Waals surface area (Å²) < 4.78 is 0. The van der Waals surface area contributed by atoms with Crippen LogP contribution >= 0.6 is 11.8 Å². The monoisotopic (exact) mass is 292 g/mol. The van der Waals surface area contributed by atoms with Gasteiger partial charge in [0.2, 0.25) is 0 Å². The van der Waals surface area contributed by atoms with Crippen molar-refractivity contribution in [1.29, 1.82) is 5.26 Å². The third-order valence-electron chi connectivity index (χ3n) is 3.24. The van der Waals surface area contributed by atoms with Crippen molar-refractivity contribution in [3.63, 3.8) is 0 Å². The molecular weight excluding hydrogens is 280 g/mol. The quantitative estimate of drug-likeness (QED) is 0.749. The summed E-state index contributed by atoms with van der Waals surface area (Å²) in [7, 11) is 0. The van der Waals surface area contributed by atoms with Crippen molar-refractivity contribution in [3.05, 3.63) is 76.2 Å². The average Bonchev–Trinajstić information content (AvgIpc) is 2.53. The predicted molar refractivity (Wildman–Crippen MR) is 85.3 cm³/mol. The van der Waals surface area contributed by atoms with Gasteiger partial charge in [-0.3, -0.25) is 4.79 Å². The minimum atomic E-state index is -0.338. The van der Waals surface area contributed by atoms with Gasteiger partial charge < -0.3 is 4.98 Å². The van der Waals surface area contributed by atoms with Crippen LogP contribution < -0.4 is 5.56 Å². The van der Waals surface area contributed by atoms with E-state index in [0.29, 0.717) is 5.39 Å². The second-order valence-corrected chi connectivity index (χ2v) is 5.68. The van der Waals surface area contributed by atoms with Crippen LogP contribution in [0.5, 0.6) is 0 Å². The number of hydrogen-bond donors (Lipinski definition) is 1. The summed E-state index contributed by atoms with van der Waals surface area (Å²) in [4.78, 5) is 15.3. The topological polar surface area (TPSA) is 56.6 Å². The third-order valence-corrected chi connectivity index (χ3v) is 4.30. The number of thioether (sulfide) groups is 1. The molecule has 0 radical (unpaired) electrons. The Balaban J connectivity index is 1.94. The molecule has 102 valence electrons. The van der Waals surface area contributed by atoms with Gasteiger partial charge in [-0.15, -0.1) is 11.8 Å². The van der Waals surface area contributed by atoms with Crippen LogP contribution in [0.2, 0.25) is 0 Å². The van der Waals surface area contributed by atoms with Gasteiger partial charge in [-0.25, -0.2) is 0 Å². The van der Waals surface area contributed by atoms with E-state index in [9.17, 15) is 4.79 Å². The summed E-state index contributed by atoms with van der Waals surface area (Å²) in [5, 5.41) is 10.7. The molecule has 0 aliphatic heterocycles. The molecule has 0 fully saturated rings. The number of fused-ring (bicyclic) bond motifs is 1. The lowest BCUT2D eigenvalue weighted by atomic mass is 10.1. The maximum Gasteiger partial charge on any atom is 0.266 e. The molecule has 0 aliphatic rings. The van der Waals surface area contributed by atoms with Gasteiger partial charge in [0.15, 0.2) is 0 Å². The highest BCUT2D eigenvalue weighted by Crippen LogP contribution is 2.26. The fourth-order valence-electron chi connectivity index (χ4n) is 2.16. The molecule has 3 aromatic rings. The lowest BCUT2D eigenvalue weighted by molar-refractivity contribution is 1.24. The summed E-state index contributed by atoms with van der Waals surface area (Å²) in [6, 6.07) is 18.0. The van der Waals surface area contributed by atoms with Crippen LogP contribution in [-0.2, 0) is 5.75 Å². The Labute approximate surface area is 126 Å². The summed E-state index contributed by atoms with van der Waals surface area (Å²) in [6.07, 6.45) is 1.64. The van der Waals surface area contributed by atoms with Crippen molar-refractivity contribution >= 4 is 22.5 Å². The van der Waals surface area contributed by atoms with E-state index in [1.165, 1.54) is 5.56 Å². The smallest absolute Gasteiger partial charge is 0.266 e. The number of hydrogen-bond acceptors (Lipinski definition) is 3. The summed E-state index contributed by atoms with van der Waals surface area (Å²) in [6.45, 7) is 0. The number of benzene rings is 2. The molecule has 0 aliphatic carbocycles. The lowest BCUT2D eigenvalue weighted by Gasteiger charge is -2.05. The molecule has 1 heterocycles. The third kappa shape index (κ3) is 2.83. The number of aromatic nitrogens is 1. The van der Waals surface area contributed by atoms with Gasteiger partial charge in [0.25, 0.3) is 5.56 Å². The summed E-state index contributed by atoms with van der Waals surface area (Å²) in [5.74, 6) is 0.859. The molecule has 0 spiro atoms. The predicted octanol–water partition coefficient (Wildman–Crippen LogP) is 3.69. The zero-order valence-electron chi connectivity index (χ0n) is 11.2. The molecule has 0 atom stereocenters. The minimum absolute atomic E-state index is 0.176. The van der Waals surface area contributed by atoms with Gasteiger partial charge in [-0.1, -0.05) is 36.4 Å². The first-order valence-corrected chi connectivity index (χ1v) is 7.49. The molecule has 0 unspecified atom stereocenters. The average molecular weight is 292 g/mol. The Morgan fingerprint density at radius 1 is 1.14 bits per heavy atom. The molecule has 1 N–H and O–H groups in total. The van der Waals surface area contributed by atoms with E-state index in [2.05, 4.69) is 17.1 Å². The van der Waals surface area contributed by atoms with Crippen LogP contribution in [0, 0.1) is 11.3 Å². The first kappa shape index (κ1) is 13.5. The number of nitrogens with zero attached hydrogens (tertiary/aromatic N) is 1. The van der Waals surface area contributed by atoms with Crippen molar-refractivity contribution in [2.75, 3.05) is 0 Å². The highest BCUT2D eigenvalue weighted by Gasteiger charge is 2.06. The van der Waals surface area contributed by atoms with E-state index < -0.39 is 0 Å². The zero-order valence-corrected chi connectivity index (χ0v) is 12.0. The zero-order chi connectivity index (χ0) is 14.7. The van der Waals surface area contributed by atoms with Crippen LogP contribution in [0.3, 0.4) is 0 Å². The fourth-order valence-corrected chi connectivity index (χ4v) is 3.05. The van der Waals surface area contributed by atoms with Gasteiger partial charge in [-0.2, -0.15) is 5.26 Å². The molecule has 2 aromatic carbocycles. The standard InChI is InChI=1S/C17H12N2OS/c18-9-16-15-8-14(7-6-13(15)10-19-17(16)20)21-11-12-4-2-1-3-5-12/h1-8,10H,11H2,(H,19,20). The molecule has 0 saturated carbocycles. The van der Waals surface area contributed by atoms with Gasteiger partial charge in [0.1, 0.15) is 11.6 Å². The normalized spacial score (nSPS) is 10.4. The summed E-state index contributed by atoms with van der Waals surface area (Å²) >= 11 is 1.69. The molecule has 0 saturated heterocycles.